The Hall–Kier alpha value is -3.02. The van der Waals surface area contributed by atoms with Crippen LogP contribution in [0.15, 0.2) is 72.8 Å². The largest absolute Gasteiger partial charge is 0.478 e. The van der Waals surface area contributed by atoms with E-state index in [1.54, 1.807) is 36.4 Å². The normalized spacial score (nSPS) is 12.9. The van der Waals surface area contributed by atoms with E-state index in [0.717, 1.165) is 0 Å². The van der Waals surface area contributed by atoms with Crippen LogP contribution >= 0.6 is 11.6 Å². The topological polar surface area (TPSA) is 163 Å². The fourth-order valence-corrected chi connectivity index (χ4v) is 3.34. The van der Waals surface area contributed by atoms with E-state index in [-0.39, 0.29) is 21.8 Å². The Morgan fingerprint density at radius 2 is 1.55 bits per heavy atom. The molecule has 9 nitrogen and oxygen atoms in total. The number of rotatable bonds is 9. The molecule has 174 valence electrons. The highest BCUT2D eigenvalue weighted by atomic mass is 35.5. The lowest BCUT2D eigenvalue weighted by molar-refractivity contribution is -0.260. The first-order valence-corrected chi connectivity index (χ1v) is 10.1. The summed E-state index contributed by atoms with van der Waals surface area (Å²) in [6.45, 7) is -0.795. The van der Waals surface area contributed by atoms with Crippen molar-refractivity contribution < 1.29 is 35.4 Å². The van der Waals surface area contributed by atoms with Gasteiger partial charge in [0.15, 0.2) is 0 Å². The molecule has 8 N–H and O–H groups in total. The number of nitrogens with one attached hydrogen (secondary N) is 2. The molecule has 0 radical (unpaired) electrons. The average molecular weight is 475 g/mol. The summed E-state index contributed by atoms with van der Waals surface area (Å²) in [4.78, 5) is 11.2. The minimum absolute atomic E-state index is 0.103. The van der Waals surface area contributed by atoms with Crippen LogP contribution < -0.4 is 10.6 Å². The smallest absolute Gasteiger partial charge is 0.335 e. The minimum atomic E-state index is -2.90. The lowest BCUT2D eigenvalue weighted by atomic mass is 10.0. The van der Waals surface area contributed by atoms with Crippen molar-refractivity contribution in [2.75, 3.05) is 11.9 Å². The maximum Gasteiger partial charge on any atom is 0.335 e. The van der Waals surface area contributed by atoms with Crippen LogP contribution in [0.5, 0.6) is 0 Å². The van der Waals surface area contributed by atoms with Crippen LogP contribution in [0.1, 0.15) is 22.0 Å². The lowest BCUT2D eigenvalue weighted by Gasteiger charge is -2.32. The Labute approximate surface area is 194 Å². The van der Waals surface area contributed by atoms with Gasteiger partial charge in [-0.1, -0.05) is 48.0 Å². The zero-order valence-electron chi connectivity index (χ0n) is 17.2. The Morgan fingerprint density at radius 3 is 2.21 bits per heavy atom. The van der Waals surface area contributed by atoms with Gasteiger partial charge < -0.3 is 36.0 Å². The zero-order valence-corrected chi connectivity index (χ0v) is 17.9. The molecule has 0 heterocycles. The number of hydrogen-bond donors (Lipinski definition) is 8. The van der Waals surface area contributed by atoms with Crippen molar-refractivity contribution in [3.05, 3.63) is 88.9 Å². The van der Waals surface area contributed by atoms with Crippen LogP contribution in [0.3, 0.4) is 0 Å². The Bertz CT molecular complexity index is 1140. The van der Waals surface area contributed by atoms with Gasteiger partial charge in [-0.3, -0.25) is 5.32 Å². The first kappa shape index (κ1) is 24.6. The van der Waals surface area contributed by atoms with E-state index < -0.39 is 30.4 Å². The second-order valence-electron chi connectivity index (χ2n) is 7.45. The molecule has 3 aromatic rings. The van der Waals surface area contributed by atoms with Gasteiger partial charge in [0.1, 0.15) is 6.10 Å². The fraction of sp³-hybridized carbons (Fsp3) is 0.174. The van der Waals surface area contributed by atoms with Gasteiger partial charge in [-0.05, 0) is 53.1 Å². The summed E-state index contributed by atoms with van der Waals surface area (Å²) in [5.74, 6) is -6.62. The van der Waals surface area contributed by atoms with Crippen molar-refractivity contribution in [2.24, 2.45) is 0 Å². The van der Waals surface area contributed by atoms with Gasteiger partial charge in [-0.25, -0.2) is 4.79 Å². The van der Waals surface area contributed by atoms with Crippen LogP contribution in [0.2, 0.25) is 5.02 Å². The van der Waals surface area contributed by atoms with E-state index in [4.69, 9.17) is 16.7 Å². The lowest BCUT2D eigenvalue weighted by Crippen LogP contribution is -2.57. The summed E-state index contributed by atoms with van der Waals surface area (Å²) in [5, 5.41) is 65.1. The van der Waals surface area contributed by atoms with Crippen molar-refractivity contribution in [2.45, 2.75) is 17.9 Å². The predicted octanol–water partition coefficient (Wildman–Crippen LogP) is 1.72. The SMILES string of the molecule is O=C(O)c1cccc(-c2cccc(NC(O)(O)CNC(O)(O)C(O)c3cccc(Cl)c3)c2)c1. The molecule has 10 heteroatoms. The number of hydrogen-bond acceptors (Lipinski definition) is 8. The molecule has 3 rings (SSSR count). The fourth-order valence-electron chi connectivity index (χ4n) is 3.14. The Morgan fingerprint density at radius 1 is 0.909 bits per heavy atom. The highest BCUT2D eigenvalue weighted by molar-refractivity contribution is 6.30. The summed E-state index contributed by atoms with van der Waals surface area (Å²) in [6.07, 6.45) is -1.84. The first-order valence-electron chi connectivity index (χ1n) is 9.77. The van der Waals surface area contributed by atoms with E-state index >= 15 is 0 Å². The number of carboxylic acids is 1. The predicted molar refractivity (Wildman–Crippen MR) is 121 cm³/mol. The van der Waals surface area contributed by atoms with Crippen molar-refractivity contribution in [1.82, 2.24) is 5.32 Å². The second kappa shape index (κ2) is 9.86. The summed E-state index contributed by atoms with van der Waals surface area (Å²) >= 11 is 5.85. The van der Waals surface area contributed by atoms with E-state index in [1.807, 2.05) is 0 Å². The van der Waals surface area contributed by atoms with Gasteiger partial charge in [0, 0.05) is 10.7 Å². The molecule has 0 aromatic heterocycles. The van der Waals surface area contributed by atoms with Crippen LogP contribution in [-0.2, 0) is 0 Å². The molecule has 3 aromatic carbocycles. The summed E-state index contributed by atoms with van der Waals surface area (Å²) in [6, 6.07) is 18.5. The molecule has 0 aliphatic carbocycles. The third-order valence-corrected chi connectivity index (χ3v) is 5.03. The molecule has 0 aliphatic rings. The monoisotopic (exact) mass is 474 g/mol. The molecule has 0 amide bonds. The van der Waals surface area contributed by atoms with E-state index in [2.05, 4.69) is 10.6 Å². The first-order chi connectivity index (χ1) is 15.5. The highest BCUT2D eigenvalue weighted by Crippen LogP contribution is 2.26. The third kappa shape index (κ3) is 6.50. The maximum atomic E-state index is 11.2. The minimum Gasteiger partial charge on any atom is -0.478 e. The number of carbonyl (C=O) groups is 1. The van der Waals surface area contributed by atoms with Crippen molar-refractivity contribution in [3.63, 3.8) is 0 Å². The summed E-state index contributed by atoms with van der Waals surface area (Å²) < 4.78 is 0. The van der Waals surface area contributed by atoms with Crippen molar-refractivity contribution in [3.8, 4) is 11.1 Å². The molecule has 33 heavy (non-hydrogen) atoms. The quantitative estimate of drug-likeness (QED) is 0.216. The van der Waals surface area contributed by atoms with Gasteiger partial charge in [0.25, 0.3) is 11.8 Å². The maximum absolute atomic E-state index is 11.2. The Kier molecular flexibility index (Phi) is 7.35. The highest BCUT2D eigenvalue weighted by Gasteiger charge is 2.37. The third-order valence-electron chi connectivity index (χ3n) is 4.79. The second-order valence-corrected chi connectivity index (χ2v) is 7.88. The molecular formula is C23H23ClN2O7. The molecule has 0 saturated heterocycles. The van der Waals surface area contributed by atoms with Crippen molar-refractivity contribution >= 4 is 23.3 Å². The molecule has 1 atom stereocenters. The Balaban J connectivity index is 1.70. The van der Waals surface area contributed by atoms with Gasteiger partial charge in [-0.2, -0.15) is 0 Å². The van der Waals surface area contributed by atoms with Crippen LogP contribution in [0.25, 0.3) is 11.1 Å². The van der Waals surface area contributed by atoms with Gasteiger partial charge >= 0.3 is 5.97 Å². The van der Waals surface area contributed by atoms with E-state index in [0.29, 0.717) is 11.1 Å². The van der Waals surface area contributed by atoms with Gasteiger partial charge in [0.05, 0.1) is 12.1 Å². The van der Waals surface area contributed by atoms with Crippen LogP contribution in [0, 0.1) is 0 Å². The number of anilines is 1. The number of carboxylic acid groups (broad SMARTS) is 1. The number of halogens is 1. The molecule has 1 unspecified atom stereocenters. The number of aromatic carboxylic acids is 1. The number of aliphatic hydroxyl groups is 5. The molecular weight excluding hydrogens is 452 g/mol. The average Bonchev–Trinajstić information content (AvgIpc) is 2.77. The van der Waals surface area contributed by atoms with E-state index in [1.165, 1.54) is 36.4 Å². The summed E-state index contributed by atoms with van der Waals surface area (Å²) in [7, 11) is 0. The molecule has 0 saturated carbocycles. The van der Waals surface area contributed by atoms with Gasteiger partial charge in [0.2, 0.25) is 0 Å². The zero-order chi connectivity index (χ0) is 24.2. The van der Waals surface area contributed by atoms with Crippen molar-refractivity contribution in [1.29, 1.82) is 0 Å². The number of aliphatic hydroxyl groups excluding tert-OH is 1. The summed E-state index contributed by atoms with van der Waals surface area (Å²) in [5.41, 5.74) is 1.69. The molecule has 0 fully saturated rings. The molecule has 0 bridgehead atoms. The number of benzene rings is 3. The van der Waals surface area contributed by atoms with Crippen LogP contribution in [-0.4, -0.2) is 55.0 Å². The van der Waals surface area contributed by atoms with Crippen LogP contribution in [0.4, 0.5) is 5.69 Å². The molecule has 0 spiro atoms. The van der Waals surface area contributed by atoms with E-state index in [9.17, 15) is 30.3 Å². The molecule has 0 aliphatic heterocycles. The standard InChI is InChI=1S/C23H23ClN2O7/c24-18-8-2-6-16(11-18)20(27)23(32,33)25-13-22(30,31)26-19-9-3-5-15(12-19)14-4-1-7-17(10-14)21(28)29/h1-12,20,25-27,30-33H,13H2,(H,28,29). The van der Waals surface area contributed by atoms with Gasteiger partial charge in [-0.15, -0.1) is 0 Å².